The molecule has 0 aliphatic rings. The van der Waals surface area contributed by atoms with Gasteiger partial charge in [0.2, 0.25) is 5.91 Å². The largest absolute Gasteiger partial charge is 0.497 e. The average Bonchev–Trinajstić information content (AvgIpc) is 2.74. The molecule has 2 amide bonds. The zero-order valence-corrected chi connectivity index (χ0v) is 16.4. The van der Waals surface area contributed by atoms with Crippen LogP contribution in [-0.2, 0) is 4.79 Å². The molecule has 0 saturated carbocycles. The van der Waals surface area contributed by atoms with Crippen molar-refractivity contribution in [1.29, 1.82) is 0 Å². The van der Waals surface area contributed by atoms with Gasteiger partial charge in [0, 0.05) is 30.6 Å². The number of carbonyl (C=O) groups is 2. The predicted octanol–water partition coefficient (Wildman–Crippen LogP) is 2.20. The number of carbonyl (C=O) groups excluding carboxylic acids is 2. The molecule has 0 bridgehead atoms. The minimum Gasteiger partial charge on any atom is -0.497 e. The number of nitrogens with one attached hydrogen (secondary N) is 2. The molecule has 0 heterocycles. The van der Waals surface area contributed by atoms with E-state index in [-0.39, 0.29) is 24.8 Å². The number of hydrogen-bond acceptors (Lipinski definition) is 5. The van der Waals surface area contributed by atoms with E-state index in [0.29, 0.717) is 35.6 Å². The van der Waals surface area contributed by atoms with Crippen LogP contribution in [0.4, 0.5) is 4.39 Å². The van der Waals surface area contributed by atoms with Gasteiger partial charge < -0.3 is 25.2 Å². The number of methoxy groups -OCH3 is 2. The van der Waals surface area contributed by atoms with Crippen LogP contribution in [0.25, 0.3) is 0 Å². The second-order valence-electron chi connectivity index (χ2n) is 6.29. The number of amides is 2. The Morgan fingerprint density at radius 3 is 2.45 bits per heavy atom. The Balaban J connectivity index is 1.73. The highest BCUT2D eigenvalue weighted by Crippen LogP contribution is 2.29. The molecular formula is C21H25FN2O5. The molecule has 156 valence electrons. The van der Waals surface area contributed by atoms with Crippen molar-refractivity contribution in [2.75, 3.05) is 27.3 Å². The number of benzene rings is 2. The van der Waals surface area contributed by atoms with Crippen LogP contribution in [-0.4, -0.2) is 44.2 Å². The average molecular weight is 404 g/mol. The Kier molecular flexibility index (Phi) is 8.42. The van der Waals surface area contributed by atoms with Crippen molar-refractivity contribution in [2.24, 2.45) is 0 Å². The van der Waals surface area contributed by atoms with Crippen LogP contribution in [0.2, 0.25) is 0 Å². The maximum Gasteiger partial charge on any atom is 0.251 e. The van der Waals surface area contributed by atoms with Crippen LogP contribution in [0.1, 0.15) is 34.9 Å². The van der Waals surface area contributed by atoms with E-state index in [1.54, 1.807) is 18.2 Å². The van der Waals surface area contributed by atoms with Crippen molar-refractivity contribution in [3.05, 3.63) is 59.4 Å². The molecule has 2 aromatic rings. The van der Waals surface area contributed by atoms with Gasteiger partial charge in [-0.25, -0.2) is 4.39 Å². The van der Waals surface area contributed by atoms with E-state index in [0.717, 1.165) is 0 Å². The number of aliphatic hydroxyl groups excluding tert-OH is 1. The molecule has 1 atom stereocenters. The van der Waals surface area contributed by atoms with E-state index in [9.17, 15) is 19.1 Å². The Labute approximate surface area is 168 Å². The third-order valence-corrected chi connectivity index (χ3v) is 4.26. The van der Waals surface area contributed by atoms with Crippen molar-refractivity contribution in [1.82, 2.24) is 10.6 Å². The van der Waals surface area contributed by atoms with Gasteiger partial charge >= 0.3 is 0 Å². The maximum absolute atomic E-state index is 12.9. The third-order valence-electron chi connectivity index (χ3n) is 4.26. The molecule has 8 heteroatoms. The first-order valence-corrected chi connectivity index (χ1v) is 9.15. The lowest BCUT2D eigenvalue weighted by molar-refractivity contribution is -0.121. The SMILES string of the molecule is COc1ccc(OC)c(C(O)CNC(=O)CCCNC(=O)c2ccc(F)cc2)c1. The Morgan fingerprint density at radius 2 is 1.79 bits per heavy atom. The molecule has 0 aromatic heterocycles. The molecule has 2 rings (SSSR count). The third kappa shape index (κ3) is 6.76. The van der Waals surface area contributed by atoms with E-state index in [1.165, 1.54) is 38.5 Å². The Morgan fingerprint density at radius 1 is 1.07 bits per heavy atom. The fraction of sp³-hybridized carbons (Fsp3) is 0.333. The van der Waals surface area contributed by atoms with Gasteiger partial charge in [0.25, 0.3) is 5.91 Å². The highest BCUT2D eigenvalue weighted by molar-refractivity contribution is 5.94. The summed E-state index contributed by atoms with van der Waals surface area (Å²) in [5.41, 5.74) is 0.866. The second kappa shape index (κ2) is 11.0. The maximum atomic E-state index is 12.9. The summed E-state index contributed by atoms with van der Waals surface area (Å²) >= 11 is 0. The predicted molar refractivity (Wildman–Crippen MR) is 105 cm³/mol. The van der Waals surface area contributed by atoms with Gasteiger partial charge in [-0.05, 0) is 48.9 Å². The summed E-state index contributed by atoms with van der Waals surface area (Å²) in [6.45, 7) is 0.320. The normalized spacial score (nSPS) is 11.4. The molecule has 7 nitrogen and oxygen atoms in total. The lowest BCUT2D eigenvalue weighted by Gasteiger charge is -2.16. The zero-order chi connectivity index (χ0) is 21.2. The van der Waals surface area contributed by atoms with Crippen LogP contribution in [0.5, 0.6) is 11.5 Å². The summed E-state index contributed by atoms with van der Waals surface area (Å²) in [6, 6.07) is 10.3. The van der Waals surface area contributed by atoms with E-state index in [4.69, 9.17) is 9.47 Å². The smallest absolute Gasteiger partial charge is 0.251 e. The van der Waals surface area contributed by atoms with Crippen molar-refractivity contribution < 1.29 is 28.6 Å². The minimum atomic E-state index is -0.956. The lowest BCUT2D eigenvalue weighted by Crippen LogP contribution is -2.30. The van der Waals surface area contributed by atoms with E-state index in [1.807, 2.05) is 0 Å². The van der Waals surface area contributed by atoms with Crippen LogP contribution in [0.3, 0.4) is 0 Å². The molecule has 0 radical (unpaired) electrons. The molecule has 0 aliphatic carbocycles. The van der Waals surface area contributed by atoms with Gasteiger partial charge in [-0.3, -0.25) is 9.59 Å². The monoisotopic (exact) mass is 404 g/mol. The fourth-order valence-corrected chi connectivity index (χ4v) is 2.66. The van der Waals surface area contributed by atoms with Gasteiger partial charge in [0.05, 0.1) is 20.3 Å². The van der Waals surface area contributed by atoms with Crippen LogP contribution in [0.15, 0.2) is 42.5 Å². The standard InChI is InChI=1S/C21H25FN2O5/c1-28-16-9-10-19(29-2)17(12-16)18(25)13-24-20(26)4-3-11-23-21(27)14-5-7-15(22)8-6-14/h5-10,12,18,25H,3-4,11,13H2,1-2H3,(H,23,27)(H,24,26). The highest BCUT2D eigenvalue weighted by Gasteiger charge is 2.15. The number of aliphatic hydroxyl groups is 1. The van der Waals surface area contributed by atoms with Crippen molar-refractivity contribution in [3.63, 3.8) is 0 Å². The van der Waals surface area contributed by atoms with Gasteiger partial charge in [-0.1, -0.05) is 0 Å². The first-order valence-electron chi connectivity index (χ1n) is 9.15. The van der Waals surface area contributed by atoms with E-state index in [2.05, 4.69) is 10.6 Å². The molecule has 2 aromatic carbocycles. The van der Waals surface area contributed by atoms with E-state index >= 15 is 0 Å². The van der Waals surface area contributed by atoms with Crippen molar-refractivity contribution in [2.45, 2.75) is 18.9 Å². The number of hydrogen-bond donors (Lipinski definition) is 3. The summed E-state index contributed by atoms with van der Waals surface area (Å²) in [6.07, 6.45) is -0.342. The van der Waals surface area contributed by atoms with Gasteiger partial charge in [0.1, 0.15) is 17.3 Å². The number of rotatable bonds is 10. The Bertz CT molecular complexity index is 826. The molecule has 1 unspecified atom stereocenters. The molecule has 0 aliphatic heterocycles. The molecular weight excluding hydrogens is 379 g/mol. The fourth-order valence-electron chi connectivity index (χ4n) is 2.66. The zero-order valence-electron chi connectivity index (χ0n) is 16.4. The summed E-state index contributed by atoms with van der Waals surface area (Å²) < 4.78 is 23.2. The lowest BCUT2D eigenvalue weighted by atomic mass is 10.1. The van der Waals surface area contributed by atoms with Crippen LogP contribution < -0.4 is 20.1 Å². The molecule has 3 N–H and O–H groups in total. The van der Waals surface area contributed by atoms with Crippen molar-refractivity contribution >= 4 is 11.8 Å². The van der Waals surface area contributed by atoms with Crippen LogP contribution >= 0.6 is 0 Å². The summed E-state index contributed by atoms with van der Waals surface area (Å²) in [4.78, 5) is 23.9. The quantitative estimate of drug-likeness (QED) is 0.528. The first kappa shape index (κ1) is 22.2. The van der Waals surface area contributed by atoms with Gasteiger partial charge in [-0.2, -0.15) is 0 Å². The molecule has 0 saturated heterocycles. The minimum absolute atomic E-state index is 0.0182. The Hall–Kier alpha value is -3.13. The topological polar surface area (TPSA) is 96.9 Å². The van der Waals surface area contributed by atoms with Gasteiger partial charge in [0.15, 0.2) is 0 Å². The molecule has 0 spiro atoms. The molecule has 0 fully saturated rings. The second-order valence-corrected chi connectivity index (χ2v) is 6.29. The van der Waals surface area contributed by atoms with Crippen LogP contribution in [0, 0.1) is 5.82 Å². The summed E-state index contributed by atoms with van der Waals surface area (Å²) in [5.74, 6) is 0.0824. The summed E-state index contributed by atoms with van der Waals surface area (Å²) in [7, 11) is 3.02. The molecule has 29 heavy (non-hydrogen) atoms. The first-order chi connectivity index (χ1) is 13.9. The number of ether oxygens (including phenoxy) is 2. The van der Waals surface area contributed by atoms with Crippen molar-refractivity contribution in [3.8, 4) is 11.5 Å². The number of halogens is 1. The summed E-state index contributed by atoms with van der Waals surface area (Å²) in [5, 5.41) is 15.7. The van der Waals surface area contributed by atoms with E-state index < -0.39 is 11.9 Å². The highest BCUT2D eigenvalue weighted by atomic mass is 19.1. The van der Waals surface area contributed by atoms with Gasteiger partial charge in [-0.15, -0.1) is 0 Å².